The van der Waals surface area contributed by atoms with Gasteiger partial charge in [-0.3, -0.25) is 9.10 Å². The number of nitrogens with zero attached hydrogens (tertiary/aromatic N) is 2. The Balaban J connectivity index is 1.47. The van der Waals surface area contributed by atoms with E-state index < -0.39 is 16.0 Å². The summed E-state index contributed by atoms with van der Waals surface area (Å²) < 4.78 is 33.1. The van der Waals surface area contributed by atoms with Crippen LogP contribution in [0.2, 0.25) is 0 Å². The number of hydrogen-bond acceptors (Lipinski definition) is 5. The molecule has 4 rings (SSSR count). The van der Waals surface area contributed by atoms with E-state index in [1.807, 2.05) is 32.0 Å². The summed E-state index contributed by atoms with van der Waals surface area (Å²) in [6, 6.07) is 13.4. The average Bonchev–Trinajstić information content (AvgIpc) is 3.22. The molecule has 8 heteroatoms. The number of sulfonamides is 1. The molecule has 170 valence electrons. The highest BCUT2D eigenvalue weighted by molar-refractivity contribution is 7.92. The van der Waals surface area contributed by atoms with Crippen LogP contribution in [0, 0.1) is 0 Å². The molecule has 1 amide bonds. The van der Waals surface area contributed by atoms with Gasteiger partial charge in [-0.15, -0.1) is 0 Å². The fourth-order valence-electron chi connectivity index (χ4n) is 4.67. The minimum Gasteiger partial charge on any atom is -0.452 e. The third-order valence-electron chi connectivity index (χ3n) is 6.31. The Kier molecular flexibility index (Phi) is 6.24. The Morgan fingerprint density at radius 3 is 2.50 bits per heavy atom. The summed E-state index contributed by atoms with van der Waals surface area (Å²) in [5.41, 5.74) is 1.74. The van der Waals surface area contributed by atoms with Gasteiger partial charge in [-0.25, -0.2) is 13.2 Å². The number of amides is 1. The lowest BCUT2D eigenvalue weighted by molar-refractivity contribution is -0.140. The number of carbonyl (C=O) groups is 2. The highest BCUT2D eigenvalue weighted by atomic mass is 32.2. The van der Waals surface area contributed by atoms with Gasteiger partial charge in [0, 0.05) is 18.6 Å². The minimum absolute atomic E-state index is 0.0215. The molecule has 0 unspecified atom stereocenters. The van der Waals surface area contributed by atoms with Crippen LogP contribution in [0.4, 0.5) is 5.69 Å². The largest absolute Gasteiger partial charge is 0.452 e. The Morgan fingerprint density at radius 1 is 1.03 bits per heavy atom. The van der Waals surface area contributed by atoms with Crippen molar-refractivity contribution >= 4 is 27.6 Å². The average molecular weight is 457 g/mol. The molecule has 2 aliphatic rings. The number of para-hydroxylation sites is 1. The molecule has 1 saturated heterocycles. The molecular formula is C24H28N2O5S. The predicted molar refractivity (Wildman–Crippen MR) is 121 cm³/mol. The van der Waals surface area contributed by atoms with E-state index in [0.29, 0.717) is 18.7 Å². The lowest BCUT2D eigenvalue weighted by Crippen LogP contribution is -2.49. The van der Waals surface area contributed by atoms with Gasteiger partial charge in [0.25, 0.3) is 15.9 Å². The van der Waals surface area contributed by atoms with Crippen molar-refractivity contribution in [2.24, 2.45) is 0 Å². The van der Waals surface area contributed by atoms with E-state index in [-0.39, 0.29) is 35.1 Å². The van der Waals surface area contributed by atoms with Crippen LogP contribution in [-0.2, 0) is 26.0 Å². The number of rotatable bonds is 5. The van der Waals surface area contributed by atoms with Crippen LogP contribution in [0.1, 0.15) is 49.0 Å². The van der Waals surface area contributed by atoms with Gasteiger partial charge in [-0.2, -0.15) is 0 Å². The smallest absolute Gasteiger partial charge is 0.338 e. The van der Waals surface area contributed by atoms with Gasteiger partial charge in [0.2, 0.25) is 0 Å². The summed E-state index contributed by atoms with van der Waals surface area (Å²) in [6.45, 7) is 4.00. The van der Waals surface area contributed by atoms with E-state index in [1.54, 1.807) is 11.0 Å². The summed E-state index contributed by atoms with van der Waals surface area (Å²) in [7, 11) is -3.82. The first-order chi connectivity index (χ1) is 15.3. The van der Waals surface area contributed by atoms with Crippen LogP contribution in [0.5, 0.6) is 0 Å². The lowest BCUT2D eigenvalue weighted by Gasteiger charge is -2.38. The van der Waals surface area contributed by atoms with Crippen molar-refractivity contribution in [1.82, 2.24) is 4.90 Å². The van der Waals surface area contributed by atoms with Crippen LogP contribution < -0.4 is 4.31 Å². The quantitative estimate of drug-likeness (QED) is 0.644. The van der Waals surface area contributed by atoms with Crippen molar-refractivity contribution in [3.63, 3.8) is 0 Å². The highest BCUT2D eigenvalue weighted by Crippen LogP contribution is 2.32. The topological polar surface area (TPSA) is 84.0 Å². The minimum atomic E-state index is -3.82. The second-order valence-electron chi connectivity index (χ2n) is 8.49. The Bertz CT molecular complexity index is 1120. The molecule has 1 fully saturated rings. The van der Waals surface area contributed by atoms with E-state index in [2.05, 4.69) is 0 Å². The predicted octanol–water partition coefficient (Wildman–Crippen LogP) is 3.38. The van der Waals surface area contributed by atoms with Crippen molar-refractivity contribution in [3.05, 3.63) is 59.7 Å². The maximum atomic E-state index is 13.2. The fraction of sp³-hybridized carbons (Fsp3) is 0.417. The highest BCUT2D eigenvalue weighted by Gasteiger charge is 2.32. The maximum Gasteiger partial charge on any atom is 0.338 e. The zero-order valence-electron chi connectivity index (χ0n) is 18.4. The SMILES string of the molecule is C[C@@H]1CCC[C@@H](C)N1C(=O)COC(=O)c1cccc(S(=O)(=O)N2CCc3ccccc32)c1. The molecule has 0 saturated carbocycles. The summed E-state index contributed by atoms with van der Waals surface area (Å²) in [6.07, 6.45) is 3.59. The van der Waals surface area contributed by atoms with E-state index in [4.69, 9.17) is 4.74 Å². The van der Waals surface area contributed by atoms with Crippen LogP contribution in [0.25, 0.3) is 0 Å². The van der Waals surface area contributed by atoms with Crippen molar-refractivity contribution in [2.45, 2.75) is 56.5 Å². The number of hydrogen-bond donors (Lipinski definition) is 0. The Morgan fingerprint density at radius 2 is 1.75 bits per heavy atom. The van der Waals surface area contributed by atoms with Gasteiger partial charge in [0.1, 0.15) is 0 Å². The molecule has 0 aliphatic carbocycles. The first-order valence-electron chi connectivity index (χ1n) is 11.0. The first-order valence-corrected chi connectivity index (χ1v) is 12.4. The fourth-order valence-corrected chi connectivity index (χ4v) is 6.22. The number of esters is 1. The van der Waals surface area contributed by atoms with Crippen LogP contribution in [0.15, 0.2) is 53.4 Å². The lowest BCUT2D eigenvalue weighted by atomic mass is 9.97. The van der Waals surface area contributed by atoms with E-state index >= 15 is 0 Å². The monoisotopic (exact) mass is 456 g/mol. The van der Waals surface area contributed by atoms with Gasteiger partial charge in [-0.1, -0.05) is 24.3 Å². The number of ether oxygens (including phenoxy) is 1. The van der Waals surface area contributed by atoms with Gasteiger partial charge >= 0.3 is 5.97 Å². The normalized spacial score (nSPS) is 20.7. The molecular weight excluding hydrogens is 428 g/mol. The second kappa shape index (κ2) is 8.94. The number of piperidine rings is 1. The molecule has 2 heterocycles. The van der Waals surface area contributed by atoms with Crippen molar-refractivity contribution in [2.75, 3.05) is 17.5 Å². The Labute approximate surface area is 189 Å². The van der Waals surface area contributed by atoms with Gasteiger partial charge < -0.3 is 9.64 Å². The van der Waals surface area contributed by atoms with Crippen LogP contribution >= 0.6 is 0 Å². The standard InChI is InChI=1S/C24H28N2O5S/c1-17-7-5-8-18(2)26(17)23(27)16-31-24(28)20-10-6-11-21(15-20)32(29,30)25-14-13-19-9-3-4-12-22(19)25/h3-4,6,9-12,15,17-18H,5,7-8,13-14,16H2,1-2H3/t17-,18-/m1/s1. The van der Waals surface area contributed by atoms with Crippen LogP contribution in [0.3, 0.4) is 0 Å². The van der Waals surface area contributed by atoms with Crippen molar-refractivity contribution in [3.8, 4) is 0 Å². The molecule has 2 atom stereocenters. The summed E-state index contributed by atoms with van der Waals surface area (Å²) in [5.74, 6) is -0.940. The van der Waals surface area contributed by atoms with E-state index in [9.17, 15) is 18.0 Å². The van der Waals surface area contributed by atoms with Crippen molar-refractivity contribution in [1.29, 1.82) is 0 Å². The molecule has 2 aromatic carbocycles. The molecule has 7 nitrogen and oxygen atoms in total. The molecule has 0 bridgehead atoms. The first kappa shape index (κ1) is 22.3. The summed E-state index contributed by atoms with van der Waals surface area (Å²) in [4.78, 5) is 27.0. The summed E-state index contributed by atoms with van der Waals surface area (Å²) >= 11 is 0. The molecule has 0 N–H and O–H groups in total. The molecule has 32 heavy (non-hydrogen) atoms. The number of benzene rings is 2. The number of anilines is 1. The number of likely N-dealkylation sites (tertiary alicyclic amines) is 1. The molecule has 0 aromatic heterocycles. The van der Waals surface area contributed by atoms with E-state index in [1.165, 1.54) is 28.6 Å². The summed E-state index contributed by atoms with van der Waals surface area (Å²) in [5, 5.41) is 0. The number of fused-ring (bicyclic) bond motifs is 1. The zero-order chi connectivity index (χ0) is 22.9. The van der Waals surface area contributed by atoms with Gasteiger partial charge in [0.15, 0.2) is 6.61 Å². The third kappa shape index (κ3) is 4.24. The van der Waals surface area contributed by atoms with Crippen molar-refractivity contribution < 1.29 is 22.7 Å². The molecule has 0 radical (unpaired) electrons. The number of carbonyl (C=O) groups excluding carboxylic acids is 2. The van der Waals surface area contributed by atoms with Crippen LogP contribution in [-0.4, -0.2) is 50.4 Å². The van der Waals surface area contributed by atoms with E-state index in [0.717, 1.165) is 24.8 Å². The molecule has 2 aromatic rings. The molecule has 2 aliphatic heterocycles. The third-order valence-corrected chi connectivity index (χ3v) is 8.12. The Hall–Kier alpha value is -2.87. The van der Waals surface area contributed by atoms with Gasteiger partial charge in [-0.05, 0) is 69.4 Å². The maximum absolute atomic E-state index is 13.2. The molecule has 0 spiro atoms. The van der Waals surface area contributed by atoms with Gasteiger partial charge in [0.05, 0.1) is 16.1 Å². The zero-order valence-corrected chi connectivity index (χ0v) is 19.2. The second-order valence-corrected chi connectivity index (χ2v) is 10.4.